The third kappa shape index (κ3) is 11.6. The van der Waals surface area contributed by atoms with Crippen molar-refractivity contribution in [1.82, 2.24) is 0 Å². The van der Waals surface area contributed by atoms with Crippen molar-refractivity contribution in [1.29, 1.82) is 0 Å². The molecule has 80 heavy (non-hydrogen) atoms. The van der Waals surface area contributed by atoms with Gasteiger partial charge in [0.15, 0.2) is 23.4 Å². The zero-order chi connectivity index (χ0) is 55.2. The molecule has 0 aliphatic carbocycles. The summed E-state index contributed by atoms with van der Waals surface area (Å²) in [5.74, 6) is -4.04. The Bertz CT molecular complexity index is 3640. The summed E-state index contributed by atoms with van der Waals surface area (Å²) >= 11 is 0. The number of benzene rings is 8. The molecule has 2 aliphatic heterocycles. The lowest BCUT2D eigenvalue weighted by Crippen LogP contribution is -2.61. The fourth-order valence-electron chi connectivity index (χ4n) is 9.41. The molecule has 14 nitrogen and oxygen atoms in total. The second kappa shape index (κ2) is 23.3. The highest BCUT2D eigenvalue weighted by Gasteiger charge is 2.50. The van der Waals surface area contributed by atoms with Crippen LogP contribution in [0.15, 0.2) is 209 Å². The van der Waals surface area contributed by atoms with Crippen LogP contribution in [-0.4, -0.2) is 59.5 Å². The average Bonchev–Trinajstić information content (AvgIpc) is 4.08. The Morgan fingerprint density at radius 2 is 1.12 bits per heavy atom. The van der Waals surface area contributed by atoms with Gasteiger partial charge in [-0.25, -0.2) is 8.78 Å². The van der Waals surface area contributed by atoms with Gasteiger partial charge in [-0.05, 0) is 64.7 Å². The molecule has 0 radical (unpaired) electrons. The molecule has 5 atom stereocenters. The van der Waals surface area contributed by atoms with Crippen LogP contribution in [0.5, 0.6) is 28.7 Å². The first-order valence-electron chi connectivity index (χ1n) is 25.6. The minimum absolute atomic E-state index is 0.000188. The Hall–Kier alpha value is -9.35. The van der Waals surface area contributed by atoms with Crippen LogP contribution >= 0.6 is 0 Å². The van der Waals surface area contributed by atoms with Gasteiger partial charge in [0, 0.05) is 28.8 Å². The van der Waals surface area contributed by atoms with Gasteiger partial charge in [0.2, 0.25) is 17.5 Å². The van der Waals surface area contributed by atoms with Crippen LogP contribution in [0.1, 0.15) is 33.4 Å². The predicted octanol–water partition coefficient (Wildman–Crippen LogP) is 10.3. The maximum atomic E-state index is 15.7. The number of hydrogen-bond acceptors (Lipinski definition) is 14. The van der Waals surface area contributed by atoms with Crippen molar-refractivity contribution in [3.63, 3.8) is 0 Å². The minimum Gasteiger partial charge on any atom is -0.489 e. The molecule has 16 heteroatoms. The lowest BCUT2D eigenvalue weighted by molar-refractivity contribution is -0.283. The van der Waals surface area contributed by atoms with E-state index < -0.39 is 84.3 Å². The van der Waals surface area contributed by atoms with E-state index in [1.807, 2.05) is 121 Å². The van der Waals surface area contributed by atoms with Gasteiger partial charge < -0.3 is 52.5 Å². The molecule has 1 aromatic heterocycles. The Morgan fingerprint density at radius 1 is 0.575 bits per heavy atom. The molecule has 9 aromatic rings. The molecule has 8 aromatic carbocycles. The van der Waals surface area contributed by atoms with Crippen molar-refractivity contribution in [2.75, 3.05) is 6.61 Å². The molecular weight excluding hydrogens is 1030 g/mol. The van der Waals surface area contributed by atoms with Gasteiger partial charge >= 0.3 is 17.7 Å². The fourth-order valence-corrected chi connectivity index (χ4v) is 9.41. The zero-order valence-electron chi connectivity index (χ0n) is 42.5. The molecule has 1 fully saturated rings. The molecule has 11 rings (SSSR count). The fraction of sp³-hybridized carbons (Fsp3) is 0.172. The Morgan fingerprint density at radius 3 is 1.73 bits per heavy atom. The summed E-state index contributed by atoms with van der Waals surface area (Å²) in [7, 11) is 0. The summed E-state index contributed by atoms with van der Waals surface area (Å²) in [6.45, 7) is -0.512. The first-order chi connectivity index (χ1) is 39.0. The van der Waals surface area contributed by atoms with Crippen LogP contribution in [0, 0.1) is 11.6 Å². The van der Waals surface area contributed by atoms with Crippen molar-refractivity contribution < 1.29 is 70.9 Å². The van der Waals surface area contributed by atoms with E-state index in [9.17, 15) is 28.6 Å². The van der Waals surface area contributed by atoms with Gasteiger partial charge in [0.25, 0.3) is 0 Å². The first kappa shape index (κ1) is 52.7. The number of aliphatic hydroxyl groups excluding tert-OH is 2. The summed E-state index contributed by atoms with van der Waals surface area (Å²) in [4.78, 5) is 42.6. The van der Waals surface area contributed by atoms with E-state index in [0.717, 1.165) is 23.3 Å². The molecule has 3 heterocycles. The van der Waals surface area contributed by atoms with E-state index in [0.29, 0.717) is 28.0 Å². The van der Waals surface area contributed by atoms with Crippen molar-refractivity contribution in [2.24, 2.45) is 0 Å². The maximum Gasteiger partial charge on any atom is 0.310 e. The van der Waals surface area contributed by atoms with E-state index in [4.69, 9.17) is 42.3 Å². The van der Waals surface area contributed by atoms with Crippen molar-refractivity contribution >= 4 is 22.9 Å². The lowest BCUT2D eigenvalue weighted by atomic mass is 9.97. The summed E-state index contributed by atoms with van der Waals surface area (Å²) in [6.07, 6.45) is -9.93. The largest absolute Gasteiger partial charge is 0.489 e. The molecule has 0 unspecified atom stereocenters. The molecule has 2 N–H and O–H groups in total. The van der Waals surface area contributed by atoms with Crippen LogP contribution in [-0.2, 0) is 55.6 Å². The SMILES string of the molecule is O=C(Cc1ccc(F)cc1)OC[C@H]1O[C@@H](Oc2c(-c3ccc4c(c3)OC(c3ccccc3)(c3ccccc3)O4)oc3cc(OCc4ccccc4)cc(OCc4ccccc4)c3c2=O)[C@H](OC(=O)Cc2ccc(F)cc2)[C@@H](O)[C@H]1O. The maximum absolute atomic E-state index is 15.7. The first-order valence-corrected chi connectivity index (χ1v) is 25.6. The van der Waals surface area contributed by atoms with Gasteiger partial charge in [-0.2, -0.15) is 0 Å². The van der Waals surface area contributed by atoms with E-state index >= 15 is 4.79 Å². The number of ether oxygens (including phenoxy) is 8. The Kier molecular flexibility index (Phi) is 15.4. The van der Waals surface area contributed by atoms with Crippen LogP contribution in [0.4, 0.5) is 8.78 Å². The van der Waals surface area contributed by atoms with Crippen molar-refractivity contribution in [2.45, 2.75) is 62.5 Å². The number of hydrogen-bond donors (Lipinski definition) is 2. The number of halogens is 2. The second-order valence-electron chi connectivity index (χ2n) is 19.0. The van der Waals surface area contributed by atoms with Crippen molar-refractivity contribution in [3.8, 4) is 40.1 Å². The van der Waals surface area contributed by atoms with Gasteiger partial charge in [-0.15, -0.1) is 0 Å². The van der Waals surface area contributed by atoms with E-state index in [1.165, 1.54) is 36.4 Å². The zero-order valence-corrected chi connectivity index (χ0v) is 42.5. The average molecular weight is 1080 g/mol. The highest BCUT2D eigenvalue weighted by atomic mass is 19.1. The number of carbonyl (C=O) groups excluding carboxylic acids is 2. The van der Waals surface area contributed by atoms with Crippen LogP contribution < -0.4 is 29.1 Å². The minimum atomic E-state index is -1.99. The summed E-state index contributed by atoms with van der Waals surface area (Å²) in [5.41, 5.74) is 3.18. The summed E-state index contributed by atoms with van der Waals surface area (Å²) in [5, 5.41) is 23.4. The van der Waals surface area contributed by atoms with E-state index in [-0.39, 0.29) is 59.2 Å². The normalized spacial score (nSPS) is 18.0. The van der Waals surface area contributed by atoms with Gasteiger partial charge in [-0.3, -0.25) is 14.4 Å². The number of aliphatic hydroxyl groups is 2. The van der Waals surface area contributed by atoms with Crippen LogP contribution in [0.2, 0.25) is 0 Å². The monoisotopic (exact) mass is 1080 g/mol. The molecular formula is C64H50F2O14. The highest BCUT2D eigenvalue weighted by molar-refractivity contribution is 5.89. The topological polar surface area (TPSA) is 179 Å². The highest BCUT2D eigenvalue weighted by Crippen LogP contribution is 2.50. The smallest absolute Gasteiger partial charge is 0.310 e. The Labute approximate surface area is 456 Å². The third-order valence-corrected chi connectivity index (χ3v) is 13.5. The van der Waals surface area contributed by atoms with Crippen LogP contribution in [0.25, 0.3) is 22.3 Å². The number of fused-ring (bicyclic) bond motifs is 2. The molecule has 0 amide bonds. The Balaban J connectivity index is 1.02. The van der Waals surface area contributed by atoms with E-state index in [2.05, 4.69) is 0 Å². The van der Waals surface area contributed by atoms with Gasteiger partial charge in [0.1, 0.15) is 72.2 Å². The standard InChI is InChI=1S/C64H50F2O14/c65-46-26-21-39(22-27-46)31-54(67)74-38-53-57(69)59(71)62(77-55(68)32-40-23-28-47(66)29-24-40)63(76-53)78-61-58(70)56-51(73-37-42-15-7-2-8-16-42)34-48(72-36-41-13-5-1-6-14-41)35-52(56)75-60(61)43-25-30-49-50(33-43)80-64(79-49,44-17-9-3-10-18-44)45-19-11-4-12-20-45/h1-30,33-35,53,57,59,62-63,69,71H,31-32,36-38H2/t53-,57+,59+,62-,63+/m1/s1. The molecule has 0 spiro atoms. The predicted molar refractivity (Wildman–Crippen MR) is 287 cm³/mol. The number of esters is 2. The van der Waals surface area contributed by atoms with Gasteiger partial charge in [-0.1, -0.05) is 146 Å². The molecule has 0 saturated carbocycles. The third-order valence-electron chi connectivity index (χ3n) is 13.5. The summed E-state index contributed by atoms with van der Waals surface area (Å²) < 4.78 is 84.9. The number of carbonyl (C=O) groups is 2. The van der Waals surface area contributed by atoms with Gasteiger partial charge in [0.05, 0.1) is 12.8 Å². The van der Waals surface area contributed by atoms with Crippen molar-refractivity contribution in [3.05, 3.63) is 255 Å². The quantitative estimate of drug-likeness (QED) is 0.0776. The summed E-state index contributed by atoms with van der Waals surface area (Å²) in [6, 6.07) is 55.6. The van der Waals surface area contributed by atoms with E-state index in [1.54, 1.807) is 30.3 Å². The number of rotatable bonds is 18. The molecule has 2 aliphatic rings. The molecule has 0 bridgehead atoms. The molecule has 404 valence electrons. The van der Waals surface area contributed by atoms with Crippen LogP contribution in [0.3, 0.4) is 0 Å². The molecule has 1 saturated heterocycles. The second-order valence-corrected chi connectivity index (χ2v) is 19.0. The lowest BCUT2D eigenvalue weighted by Gasteiger charge is -2.41.